The van der Waals surface area contributed by atoms with Crippen molar-refractivity contribution in [1.29, 1.82) is 0 Å². The van der Waals surface area contributed by atoms with Crippen LogP contribution in [0, 0.1) is 0 Å². The maximum absolute atomic E-state index is 7.02. The summed E-state index contributed by atoms with van der Waals surface area (Å²) in [5, 5.41) is 0. The van der Waals surface area contributed by atoms with Gasteiger partial charge >= 0.3 is 24.6 Å². The van der Waals surface area contributed by atoms with Crippen molar-refractivity contribution in [3.8, 4) is 34.5 Å². The van der Waals surface area contributed by atoms with Gasteiger partial charge in [0.15, 0.2) is 0 Å². The summed E-state index contributed by atoms with van der Waals surface area (Å²) in [7, 11) is -7.97. The molecule has 0 bridgehead atoms. The summed E-state index contributed by atoms with van der Waals surface area (Å²) < 4.78 is 36.5. The minimum Gasteiger partial charge on any atom is -0.440 e. The summed E-state index contributed by atoms with van der Waals surface area (Å²) in [6.07, 6.45) is 2.68. The van der Waals surface area contributed by atoms with E-state index in [2.05, 4.69) is 20.8 Å². The highest BCUT2D eigenvalue weighted by molar-refractivity contribution is 7.78. The molecule has 0 saturated heterocycles. The smallest absolute Gasteiger partial charge is 0.440 e. The maximum atomic E-state index is 7.02. The van der Waals surface area contributed by atoms with Gasteiger partial charge in [0, 0.05) is 9.21 Å². The van der Waals surface area contributed by atoms with Crippen molar-refractivity contribution in [2.75, 3.05) is 0 Å². The van der Waals surface area contributed by atoms with E-state index >= 15 is 0 Å². The first-order chi connectivity index (χ1) is 26.5. The summed E-state index contributed by atoms with van der Waals surface area (Å²) in [5.74, 6) is 3.36. The third-order valence-electron chi connectivity index (χ3n) is 8.27. The molecule has 12 heteroatoms. The molecule has 276 valence electrons. The molecule has 2 atom stereocenters. The molecule has 0 N–H and O–H groups in total. The lowest BCUT2D eigenvalue weighted by molar-refractivity contribution is 0.0545. The molecule has 0 amide bonds. The van der Waals surface area contributed by atoms with Gasteiger partial charge in [0.25, 0.3) is 0 Å². The molecule has 1 aliphatic rings. The Hall–Kier alpha value is -4.87. The fourth-order valence-corrected chi connectivity index (χ4v) is 12.7. The van der Waals surface area contributed by atoms with E-state index < -0.39 is 24.6 Å². The van der Waals surface area contributed by atoms with Crippen LogP contribution in [0.2, 0.25) is 0 Å². The Balaban J connectivity index is 1.46. The van der Waals surface area contributed by atoms with E-state index in [1.807, 2.05) is 164 Å². The Labute approximate surface area is 320 Å². The lowest BCUT2D eigenvalue weighted by atomic mass is 10.2. The second-order valence-electron chi connectivity index (χ2n) is 12.1. The second-order valence-corrected chi connectivity index (χ2v) is 17.6. The van der Waals surface area contributed by atoms with Gasteiger partial charge in [-0.3, -0.25) is 0 Å². The largest absolute Gasteiger partial charge is 0.447 e. The van der Waals surface area contributed by atoms with Gasteiger partial charge in [0.1, 0.15) is 34.5 Å². The fraction of sp³-hybridized carbons (Fsp3) is 0.143. The molecule has 54 heavy (non-hydrogen) atoms. The third kappa shape index (κ3) is 9.25. The molecule has 0 aromatic heterocycles. The normalized spacial score (nSPS) is 16.8. The molecule has 2 unspecified atom stereocenters. The first kappa shape index (κ1) is 37.4. The Bertz CT molecular complexity index is 2070. The average Bonchev–Trinajstić information content (AvgIpc) is 3.22. The molecule has 7 rings (SSSR count). The quantitative estimate of drug-likeness (QED) is 0.0955. The zero-order valence-corrected chi connectivity index (χ0v) is 33.0. The van der Waals surface area contributed by atoms with Crippen molar-refractivity contribution in [1.82, 2.24) is 9.21 Å². The monoisotopic (exact) mass is 777 g/mol. The Morgan fingerprint density at radius 1 is 0.444 bits per heavy atom. The summed E-state index contributed by atoms with van der Waals surface area (Å²) in [4.78, 5) is 13.7. The van der Waals surface area contributed by atoms with Gasteiger partial charge in [-0.15, -0.1) is 4.52 Å². The number of aryl methyl sites for hydroxylation is 3. The van der Waals surface area contributed by atoms with Crippen LogP contribution in [0.5, 0.6) is 34.5 Å². The van der Waals surface area contributed by atoms with Gasteiger partial charge in [0.05, 0.1) is 0 Å². The maximum Gasteiger partial charge on any atom is 0.447 e. The van der Waals surface area contributed by atoms with Crippen molar-refractivity contribution in [3.63, 3.8) is 0 Å². The lowest BCUT2D eigenvalue weighted by Gasteiger charge is -2.43. The van der Waals surface area contributed by atoms with Crippen LogP contribution >= 0.6 is 24.6 Å². The Kier molecular flexibility index (Phi) is 12.5. The van der Waals surface area contributed by atoms with Crippen LogP contribution in [-0.4, -0.2) is 9.21 Å². The topological polar surface area (TPSA) is 74.2 Å². The van der Waals surface area contributed by atoms with E-state index in [1.54, 1.807) is 9.21 Å². The molecule has 9 nitrogen and oxygen atoms in total. The van der Waals surface area contributed by atoms with E-state index in [9.17, 15) is 0 Å². The van der Waals surface area contributed by atoms with Crippen LogP contribution < -0.4 is 27.8 Å². The van der Waals surface area contributed by atoms with Crippen LogP contribution in [0.4, 0.5) is 0 Å². The molecule has 1 aliphatic heterocycles. The van der Waals surface area contributed by atoms with Crippen LogP contribution in [-0.2, 0) is 19.3 Å². The Morgan fingerprint density at radius 3 is 1.28 bits per heavy atom. The first-order valence-corrected chi connectivity index (χ1v) is 21.8. The summed E-state index contributed by atoms with van der Waals surface area (Å²) in [5.41, 5.74) is 3.55. The molecular weight excluding hydrogens is 735 g/mol. The van der Waals surface area contributed by atoms with Gasteiger partial charge in [0.2, 0.25) is 0 Å². The van der Waals surface area contributed by atoms with Crippen LogP contribution in [0.3, 0.4) is 0 Å². The third-order valence-corrected chi connectivity index (χ3v) is 15.1. The number of benzene rings is 6. The van der Waals surface area contributed by atoms with Gasteiger partial charge < -0.3 is 27.8 Å². The van der Waals surface area contributed by atoms with Crippen LogP contribution in [0.1, 0.15) is 37.5 Å². The SMILES string of the molecule is CCc1ccc(ON2P(Oc3ccc(CC)cc3)N=P(Oc3ccccc3)(Oc3ccccc3)N(Oc3ccccc3)P2Oc2ccc(CC)cc2)cc1. The first-order valence-electron chi connectivity index (χ1n) is 17.9. The molecule has 0 spiro atoms. The number of para-hydroxylation sites is 3. The van der Waals surface area contributed by atoms with Crippen LogP contribution in [0.15, 0.2) is 168 Å². The van der Waals surface area contributed by atoms with E-state index in [0.717, 1.165) is 19.3 Å². The number of hydrogen-bond donors (Lipinski definition) is 0. The molecule has 0 aliphatic carbocycles. The highest BCUT2D eigenvalue weighted by atomic mass is 31.3. The summed E-state index contributed by atoms with van der Waals surface area (Å²) >= 11 is 0. The van der Waals surface area contributed by atoms with Gasteiger partial charge in [-0.2, -0.15) is 0 Å². The number of hydrogen-bond acceptors (Lipinski definition) is 9. The van der Waals surface area contributed by atoms with Gasteiger partial charge in [-0.25, -0.2) is 0 Å². The molecule has 0 fully saturated rings. The van der Waals surface area contributed by atoms with Crippen LogP contribution in [0.25, 0.3) is 0 Å². The minimum atomic E-state index is -3.76. The molecular formula is C42H42N3O6P3. The zero-order valence-electron chi connectivity index (χ0n) is 30.3. The Morgan fingerprint density at radius 2 is 0.833 bits per heavy atom. The number of nitrogens with zero attached hydrogens (tertiary/aromatic N) is 3. The van der Waals surface area contributed by atoms with E-state index in [1.165, 1.54) is 16.7 Å². The van der Waals surface area contributed by atoms with E-state index in [-0.39, 0.29) is 0 Å². The predicted octanol–water partition coefficient (Wildman–Crippen LogP) is 13.0. The fourth-order valence-electron chi connectivity index (χ4n) is 5.25. The summed E-state index contributed by atoms with van der Waals surface area (Å²) in [6.45, 7) is 6.36. The predicted molar refractivity (Wildman–Crippen MR) is 217 cm³/mol. The standard InChI is InChI=1S/C42H42N3O6P3/c1-4-34-22-28-38(29-23-34)46-44-52(48-39-30-24-35(5-2)25-31-39)43-54(50-41-18-12-8-13-19-41,51-42-20-14-9-15-21-42)45(47-37-16-10-7-11-17-37)53(44)49-40-32-26-36(6-3)27-33-40/h7-33H,4-6H2,1-3H3. The molecule has 1 heterocycles. The zero-order chi connectivity index (χ0) is 37.2. The van der Waals surface area contributed by atoms with Crippen molar-refractivity contribution in [2.24, 2.45) is 4.52 Å². The molecule has 0 radical (unpaired) electrons. The number of rotatable bonds is 15. The van der Waals surface area contributed by atoms with Gasteiger partial charge in [-0.05, 0) is 109 Å². The highest BCUT2D eigenvalue weighted by Crippen LogP contribution is 2.77. The van der Waals surface area contributed by atoms with Crippen molar-refractivity contribution < 1.29 is 27.8 Å². The van der Waals surface area contributed by atoms with Crippen molar-refractivity contribution in [3.05, 3.63) is 180 Å². The van der Waals surface area contributed by atoms with Crippen molar-refractivity contribution >= 4 is 24.6 Å². The lowest BCUT2D eigenvalue weighted by Crippen LogP contribution is -2.37. The molecule has 0 saturated carbocycles. The van der Waals surface area contributed by atoms with Gasteiger partial charge in [-0.1, -0.05) is 112 Å². The van der Waals surface area contributed by atoms with E-state index in [4.69, 9.17) is 32.3 Å². The van der Waals surface area contributed by atoms with E-state index in [0.29, 0.717) is 34.5 Å². The minimum absolute atomic E-state index is 0.525. The summed E-state index contributed by atoms with van der Waals surface area (Å²) in [6, 6.07) is 52.3. The second kappa shape index (κ2) is 18.0. The average molecular weight is 778 g/mol. The molecule has 6 aromatic carbocycles. The highest BCUT2D eigenvalue weighted by Gasteiger charge is 2.58. The van der Waals surface area contributed by atoms with Crippen molar-refractivity contribution in [2.45, 2.75) is 40.0 Å². The molecule has 6 aromatic rings.